The highest BCUT2D eigenvalue weighted by Gasteiger charge is 2.39. The van der Waals surface area contributed by atoms with Crippen LogP contribution in [0.25, 0.3) is 0 Å². The molecule has 4 nitrogen and oxygen atoms in total. The highest BCUT2D eigenvalue weighted by molar-refractivity contribution is 5.87. The van der Waals surface area contributed by atoms with Gasteiger partial charge in [-0.15, -0.1) is 0 Å². The van der Waals surface area contributed by atoms with Crippen LogP contribution >= 0.6 is 0 Å². The largest absolute Gasteiger partial charge is 0.480 e. The number of carbonyl (C=O) groups is 2. The van der Waals surface area contributed by atoms with Gasteiger partial charge in [-0.05, 0) is 43.4 Å². The van der Waals surface area contributed by atoms with Gasteiger partial charge in [-0.1, -0.05) is 53.9 Å². The standard InChI is InChI=1S/C19H35NO3/c1-13(2)7-6-8-15-9-11-19(5,12-10-15)18(23)20-16(14(3)4)17(21)22/h13-16H,6-12H2,1-5H3,(H,20,23)(H,21,22)/t15-,16?,19+. The van der Waals surface area contributed by atoms with Crippen molar-refractivity contribution in [1.29, 1.82) is 0 Å². The molecule has 0 aliphatic heterocycles. The summed E-state index contributed by atoms with van der Waals surface area (Å²) in [7, 11) is 0. The second-order valence-electron chi connectivity index (χ2n) is 8.36. The fraction of sp³-hybridized carbons (Fsp3) is 0.895. The molecule has 23 heavy (non-hydrogen) atoms. The van der Waals surface area contributed by atoms with Gasteiger partial charge in [-0.2, -0.15) is 0 Å². The van der Waals surface area contributed by atoms with Crippen LogP contribution < -0.4 is 5.32 Å². The van der Waals surface area contributed by atoms with Crippen LogP contribution in [0.15, 0.2) is 0 Å². The van der Waals surface area contributed by atoms with E-state index in [1.54, 1.807) is 0 Å². The van der Waals surface area contributed by atoms with Crippen molar-refractivity contribution in [1.82, 2.24) is 5.32 Å². The first-order valence-corrected chi connectivity index (χ1v) is 9.19. The Labute approximate surface area is 141 Å². The molecule has 0 spiro atoms. The Hall–Kier alpha value is -1.06. The lowest BCUT2D eigenvalue weighted by Gasteiger charge is -2.37. The molecule has 1 amide bonds. The smallest absolute Gasteiger partial charge is 0.326 e. The molecule has 1 saturated carbocycles. The SMILES string of the molecule is CC(C)CCC[C@H]1CC[C@@](C)(C(=O)NC(C(=O)O)C(C)C)CC1. The van der Waals surface area contributed by atoms with Crippen LogP contribution in [0.5, 0.6) is 0 Å². The molecule has 0 aromatic carbocycles. The molecule has 0 bridgehead atoms. The first-order valence-electron chi connectivity index (χ1n) is 9.19. The van der Waals surface area contributed by atoms with Crippen molar-refractivity contribution in [3.63, 3.8) is 0 Å². The maximum atomic E-state index is 12.6. The molecule has 1 fully saturated rings. The van der Waals surface area contributed by atoms with Crippen molar-refractivity contribution in [2.45, 2.75) is 85.6 Å². The van der Waals surface area contributed by atoms with Crippen molar-refractivity contribution in [2.24, 2.45) is 23.2 Å². The first-order chi connectivity index (χ1) is 10.7. The summed E-state index contributed by atoms with van der Waals surface area (Å²) in [4.78, 5) is 23.8. The maximum Gasteiger partial charge on any atom is 0.326 e. The summed E-state index contributed by atoms with van der Waals surface area (Å²) in [6, 6.07) is -0.789. The molecule has 0 aromatic heterocycles. The van der Waals surface area contributed by atoms with E-state index in [4.69, 9.17) is 0 Å². The van der Waals surface area contributed by atoms with Crippen LogP contribution in [0.3, 0.4) is 0 Å². The summed E-state index contributed by atoms with van der Waals surface area (Å²) >= 11 is 0. The molecule has 1 aliphatic rings. The molecule has 134 valence electrons. The number of carbonyl (C=O) groups excluding carboxylic acids is 1. The van der Waals surface area contributed by atoms with E-state index < -0.39 is 17.4 Å². The van der Waals surface area contributed by atoms with Gasteiger partial charge in [0.2, 0.25) is 5.91 Å². The molecule has 1 unspecified atom stereocenters. The number of carboxylic acid groups (broad SMARTS) is 1. The van der Waals surface area contributed by atoms with Crippen molar-refractivity contribution in [3.8, 4) is 0 Å². The lowest BCUT2D eigenvalue weighted by Crippen LogP contribution is -2.50. The number of carboxylic acids is 1. The van der Waals surface area contributed by atoms with E-state index >= 15 is 0 Å². The molecule has 0 radical (unpaired) electrons. The van der Waals surface area contributed by atoms with Crippen LogP contribution in [0.4, 0.5) is 0 Å². The summed E-state index contributed by atoms with van der Waals surface area (Å²) in [5, 5.41) is 12.0. The molecule has 0 heterocycles. The molecule has 1 atom stereocenters. The van der Waals surface area contributed by atoms with Gasteiger partial charge in [0.15, 0.2) is 0 Å². The Bertz CT molecular complexity index is 395. The van der Waals surface area contributed by atoms with Crippen molar-refractivity contribution in [2.75, 3.05) is 0 Å². The Balaban J connectivity index is 2.48. The summed E-state index contributed by atoms with van der Waals surface area (Å²) in [5.74, 6) is 0.361. The molecule has 0 saturated heterocycles. The Morgan fingerprint density at radius 3 is 2.17 bits per heavy atom. The van der Waals surface area contributed by atoms with Gasteiger partial charge in [0.1, 0.15) is 6.04 Å². The molecular formula is C19H35NO3. The van der Waals surface area contributed by atoms with Crippen LogP contribution in [0.1, 0.15) is 79.6 Å². The highest BCUT2D eigenvalue weighted by Crippen LogP contribution is 2.40. The Morgan fingerprint density at radius 2 is 1.74 bits per heavy atom. The molecule has 2 N–H and O–H groups in total. The van der Waals surface area contributed by atoms with Crippen LogP contribution in [-0.4, -0.2) is 23.0 Å². The third-order valence-electron chi connectivity index (χ3n) is 5.37. The summed E-state index contributed by atoms with van der Waals surface area (Å²) in [6.07, 6.45) is 7.73. The number of hydrogen-bond acceptors (Lipinski definition) is 2. The zero-order chi connectivity index (χ0) is 17.6. The van der Waals surface area contributed by atoms with Gasteiger partial charge in [-0.25, -0.2) is 4.79 Å². The average Bonchev–Trinajstić information content (AvgIpc) is 2.45. The lowest BCUT2D eigenvalue weighted by molar-refractivity contribution is -0.145. The molecule has 1 aliphatic carbocycles. The zero-order valence-electron chi connectivity index (χ0n) is 15.5. The average molecular weight is 325 g/mol. The van der Waals surface area contributed by atoms with Gasteiger partial charge in [0, 0.05) is 5.41 Å². The third kappa shape index (κ3) is 6.15. The minimum Gasteiger partial charge on any atom is -0.480 e. The fourth-order valence-corrected chi connectivity index (χ4v) is 3.47. The number of amides is 1. The van der Waals surface area contributed by atoms with Crippen LogP contribution in [0.2, 0.25) is 0 Å². The van der Waals surface area contributed by atoms with E-state index in [0.29, 0.717) is 0 Å². The second kappa shape index (κ2) is 8.70. The van der Waals surface area contributed by atoms with Gasteiger partial charge in [0.25, 0.3) is 0 Å². The van der Waals surface area contributed by atoms with Crippen LogP contribution in [0, 0.1) is 23.2 Å². The quantitative estimate of drug-likeness (QED) is 0.701. The normalized spacial score (nSPS) is 26.3. The van der Waals surface area contributed by atoms with E-state index in [2.05, 4.69) is 19.2 Å². The van der Waals surface area contributed by atoms with Gasteiger partial charge < -0.3 is 10.4 Å². The third-order valence-corrected chi connectivity index (χ3v) is 5.37. The minimum atomic E-state index is -0.945. The fourth-order valence-electron chi connectivity index (χ4n) is 3.47. The predicted molar refractivity (Wildman–Crippen MR) is 93.2 cm³/mol. The number of rotatable bonds is 8. The molecule has 4 heteroatoms. The van der Waals surface area contributed by atoms with Crippen molar-refractivity contribution < 1.29 is 14.7 Å². The van der Waals surface area contributed by atoms with Gasteiger partial charge >= 0.3 is 5.97 Å². The van der Waals surface area contributed by atoms with Crippen molar-refractivity contribution in [3.05, 3.63) is 0 Å². The van der Waals surface area contributed by atoms with E-state index in [1.807, 2.05) is 20.8 Å². The van der Waals surface area contributed by atoms with E-state index in [9.17, 15) is 14.7 Å². The van der Waals surface area contributed by atoms with Crippen molar-refractivity contribution >= 4 is 11.9 Å². The van der Waals surface area contributed by atoms with E-state index in [1.165, 1.54) is 19.3 Å². The van der Waals surface area contributed by atoms with E-state index in [0.717, 1.165) is 37.5 Å². The summed E-state index contributed by atoms with van der Waals surface area (Å²) in [5.41, 5.74) is -0.406. The second-order valence-corrected chi connectivity index (χ2v) is 8.36. The molecular weight excluding hydrogens is 290 g/mol. The topological polar surface area (TPSA) is 66.4 Å². The molecule has 0 aromatic rings. The first kappa shape index (κ1) is 20.0. The lowest BCUT2D eigenvalue weighted by atomic mass is 9.70. The van der Waals surface area contributed by atoms with Crippen LogP contribution in [-0.2, 0) is 9.59 Å². The number of aliphatic carboxylic acids is 1. The maximum absolute atomic E-state index is 12.6. The van der Waals surface area contributed by atoms with Gasteiger partial charge in [-0.3, -0.25) is 4.79 Å². The minimum absolute atomic E-state index is 0.0840. The number of hydrogen-bond donors (Lipinski definition) is 2. The summed E-state index contributed by atoms with van der Waals surface area (Å²) in [6.45, 7) is 10.2. The number of nitrogens with one attached hydrogen (secondary N) is 1. The Kier molecular flexibility index (Phi) is 7.56. The van der Waals surface area contributed by atoms with E-state index in [-0.39, 0.29) is 11.8 Å². The highest BCUT2D eigenvalue weighted by atomic mass is 16.4. The van der Waals surface area contributed by atoms with Gasteiger partial charge in [0.05, 0.1) is 0 Å². The zero-order valence-corrected chi connectivity index (χ0v) is 15.5. The predicted octanol–water partition coefficient (Wildman–Crippen LogP) is 4.23. The monoisotopic (exact) mass is 325 g/mol. The Morgan fingerprint density at radius 1 is 1.17 bits per heavy atom. The molecule has 1 rings (SSSR count). The summed E-state index contributed by atoms with van der Waals surface area (Å²) < 4.78 is 0.